The Balaban J connectivity index is 0.00000242. The highest BCUT2D eigenvalue weighted by atomic mass is 35.5. The maximum Gasteiger partial charge on any atom is 0.422 e. The van der Waals surface area contributed by atoms with Crippen molar-refractivity contribution in [3.8, 4) is 5.88 Å². The van der Waals surface area contributed by atoms with Crippen LogP contribution in [-0.4, -0.2) is 36.8 Å². The Kier molecular flexibility index (Phi) is 9.26. The van der Waals surface area contributed by atoms with Crippen LogP contribution in [0.25, 0.3) is 0 Å². The largest absolute Gasteiger partial charge is 0.468 e. The molecule has 10 heteroatoms. The summed E-state index contributed by atoms with van der Waals surface area (Å²) in [4.78, 5) is 15.5. The van der Waals surface area contributed by atoms with Crippen LogP contribution in [0, 0.1) is 5.92 Å². The lowest BCUT2D eigenvalue weighted by molar-refractivity contribution is -0.154. The van der Waals surface area contributed by atoms with E-state index in [1.54, 1.807) is 6.07 Å². The van der Waals surface area contributed by atoms with Crippen LogP contribution in [-0.2, 0) is 11.3 Å². The van der Waals surface area contributed by atoms with Crippen molar-refractivity contribution in [3.05, 3.63) is 23.9 Å². The van der Waals surface area contributed by atoms with E-state index < -0.39 is 12.8 Å². The summed E-state index contributed by atoms with van der Waals surface area (Å²) in [6.45, 7) is 0.328. The van der Waals surface area contributed by atoms with Gasteiger partial charge in [0.1, 0.15) is 0 Å². The normalized spacial score (nSPS) is 16.9. The number of nitrogens with zero attached hydrogens (tertiary/aromatic N) is 1. The Bertz CT molecular complexity index is 498. The van der Waals surface area contributed by atoms with Crippen LogP contribution in [0.3, 0.4) is 0 Å². The van der Waals surface area contributed by atoms with Crippen molar-refractivity contribution in [2.45, 2.75) is 19.1 Å². The maximum atomic E-state index is 12.1. The number of carbonyl (C=O) groups is 1. The minimum absolute atomic E-state index is 0. The highest BCUT2D eigenvalue weighted by molar-refractivity contribution is 5.85. The SMILES string of the molecule is Cl.Cl.O=C(NCc1ccnc(OCC(F)(F)F)c1)C1CCNC1. The number of ether oxygens (including phenoxy) is 1. The first kappa shape index (κ1) is 21.8. The molecule has 2 heterocycles. The third-order valence-electron chi connectivity index (χ3n) is 3.08. The van der Waals surface area contributed by atoms with Gasteiger partial charge in [0.25, 0.3) is 0 Å². The molecule has 23 heavy (non-hydrogen) atoms. The van der Waals surface area contributed by atoms with E-state index >= 15 is 0 Å². The summed E-state index contributed by atoms with van der Waals surface area (Å²) in [5, 5.41) is 5.85. The lowest BCUT2D eigenvalue weighted by atomic mass is 10.1. The number of hydrogen-bond acceptors (Lipinski definition) is 4. The van der Waals surface area contributed by atoms with Gasteiger partial charge in [0.15, 0.2) is 6.61 Å². The summed E-state index contributed by atoms with van der Waals surface area (Å²) < 4.78 is 40.7. The minimum atomic E-state index is -4.40. The highest BCUT2D eigenvalue weighted by Crippen LogP contribution is 2.17. The van der Waals surface area contributed by atoms with Crippen molar-refractivity contribution in [2.24, 2.45) is 5.92 Å². The Morgan fingerprint density at radius 1 is 1.43 bits per heavy atom. The molecule has 1 atom stereocenters. The molecule has 2 N–H and O–H groups in total. The zero-order valence-electron chi connectivity index (χ0n) is 12.1. The number of nitrogens with one attached hydrogen (secondary N) is 2. The third kappa shape index (κ3) is 7.71. The molecule has 0 spiro atoms. The van der Waals surface area contributed by atoms with Crippen molar-refractivity contribution in [1.82, 2.24) is 15.6 Å². The number of rotatable bonds is 5. The van der Waals surface area contributed by atoms with E-state index in [-0.39, 0.29) is 49.1 Å². The van der Waals surface area contributed by atoms with E-state index in [0.717, 1.165) is 13.0 Å². The number of amides is 1. The van der Waals surface area contributed by atoms with Crippen molar-refractivity contribution in [3.63, 3.8) is 0 Å². The molecular weight excluding hydrogens is 358 g/mol. The number of pyridine rings is 1. The Hall–Kier alpha value is -1.25. The zero-order chi connectivity index (χ0) is 15.3. The van der Waals surface area contributed by atoms with Crippen molar-refractivity contribution in [2.75, 3.05) is 19.7 Å². The van der Waals surface area contributed by atoms with Gasteiger partial charge in [-0.2, -0.15) is 13.2 Å². The van der Waals surface area contributed by atoms with Crippen LogP contribution in [0.4, 0.5) is 13.2 Å². The standard InChI is InChI=1S/C13H16F3N3O2.2ClH/c14-13(15,16)8-21-11-5-9(1-4-18-11)6-19-12(20)10-2-3-17-7-10;;/h1,4-5,10,17H,2-3,6-8H2,(H,19,20);2*1H. The van der Waals surface area contributed by atoms with Crippen LogP contribution in [0.2, 0.25) is 0 Å². The number of halogens is 5. The van der Waals surface area contributed by atoms with Crippen LogP contribution < -0.4 is 15.4 Å². The fourth-order valence-corrected chi connectivity index (χ4v) is 2.01. The molecule has 1 saturated heterocycles. The molecule has 0 aromatic carbocycles. The van der Waals surface area contributed by atoms with Gasteiger partial charge in [0.2, 0.25) is 11.8 Å². The summed E-state index contributed by atoms with van der Waals surface area (Å²) in [6.07, 6.45) is -2.26. The molecule has 1 amide bonds. The van der Waals surface area contributed by atoms with Gasteiger partial charge in [0.05, 0.1) is 5.92 Å². The number of hydrogen-bond donors (Lipinski definition) is 2. The van der Waals surface area contributed by atoms with Gasteiger partial charge in [-0.3, -0.25) is 4.79 Å². The molecule has 1 fully saturated rings. The van der Waals surface area contributed by atoms with Crippen LogP contribution in [0.5, 0.6) is 5.88 Å². The van der Waals surface area contributed by atoms with E-state index in [1.807, 2.05) is 0 Å². The molecule has 1 aliphatic rings. The number of aromatic nitrogens is 1. The first-order valence-corrected chi connectivity index (χ1v) is 6.57. The van der Waals surface area contributed by atoms with Gasteiger partial charge in [0, 0.05) is 25.4 Å². The van der Waals surface area contributed by atoms with Gasteiger partial charge in [-0.05, 0) is 24.6 Å². The van der Waals surface area contributed by atoms with Crippen molar-refractivity contribution >= 4 is 30.7 Å². The summed E-state index contributed by atoms with van der Waals surface area (Å²) in [5.74, 6) is -0.219. The molecule has 2 rings (SSSR count). The second-order valence-electron chi connectivity index (χ2n) is 4.81. The van der Waals surface area contributed by atoms with Crippen LogP contribution in [0.1, 0.15) is 12.0 Å². The quantitative estimate of drug-likeness (QED) is 0.826. The van der Waals surface area contributed by atoms with Crippen LogP contribution in [0.15, 0.2) is 18.3 Å². The molecule has 5 nitrogen and oxygen atoms in total. The molecular formula is C13H18Cl2F3N3O2. The first-order chi connectivity index (χ1) is 9.94. The van der Waals surface area contributed by atoms with Gasteiger partial charge in [-0.25, -0.2) is 4.98 Å². The summed E-state index contributed by atoms with van der Waals surface area (Å²) in [6, 6.07) is 3.01. The van der Waals surface area contributed by atoms with E-state index in [0.29, 0.717) is 12.1 Å². The summed E-state index contributed by atoms with van der Waals surface area (Å²) >= 11 is 0. The van der Waals surface area contributed by atoms with Crippen LogP contribution >= 0.6 is 24.8 Å². The molecule has 0 aliphatic carbocycles. The molecule has 0 radical (unpaired) electrons. The molecule has 0 saturated carbocycles. The maximum absolute atomic E-state index is 12.1. The summed E-state index contributed by atoms with van der Waals surface area (Å²) in [7, 11) is 0. The van der Waals surface area contributed by atoms with E-state index in [9.17, 15) is 18.0 Å². The fourth-order valence-electron chi connectivity index (χ4n) is 2.01. The molecule has 0 bridgehead atoms. The van der Waals surface area contributed by atoms with Gasteiger partial charge < -0.3 is 15.4 Å². The van der Waals surface area contributed by atoms with E-state index in [4.69, 9.17) is 0 Å². The van der Waals surface area contributed by atoms with Crippen molar-refractivity contribution in [1.29, 1.82) is 0 Å². The monoisotopic (exact) mass is 375 g/mol. The molecule has 1 aromatic heterocycles. The molecule has 1 aromatic rings. The minimum Gasteiger partial charge on any atom is -0.468 e. The lowest BCUT2D eigenvalue weighted by Crippen LogP contribution is -2.31. The molecule has 1 unspecified atom stereocenters. The van der Waals surface area contributed by atoms with Gasteiger partial charge in [-0.1, -0.05) is 0 Å². The predicted molar refractivity (Wildman–Crippen MR) is 83.1 cm³/mol. The lowest BCUT2D eigenvalue weighted by Gasteiger charge is -2.11. The van der Waals surface area contributed by atoms with E-state index in [2.05, 4.69) is 20.4 Å². The highest BCUT2D eigenvalue weighted by Gasteiger charge is 2.28. The van der Waals surface area contributed by atoms with Crippen molar-refractivity contribution < 1.29 is 22.7 Å². The average Bonchev–Trinajstić information content (AvgIpc) is 2.96. The second-order valence-corrected chi connectivity index (χ2v) is 4.81. The van der Waals surface area contributed by atoms with Gasteiger partial charge in [-0.15, -0.1) is 24.8 Å². The fraction of sp³-hybridized carbons (Fsp3) is 0.538. The number of alkyl halides is 3. The predicted octanol–water partition coefficient (Wildman–Crippen LogP) is 2.09. The van der Waals surface area contributed by atoms with Gasteiger partial charge >= 0.3 is 6.18 Å². The smallest absolute Gasteiger partial charge is 0.422 e. The topological polar surface area (TPSA) is 63.2 Å². The second kappa shape index (κ2) is 9.79. The van der Waals surface area contributed by atoms with E-state index in [1.165, 1.54) is 12.3 Å². The first-order valence-electron chi connectivity index (χ1n) is 6.57. The Morgan fingerprint density at radius 2 is 2.17 bits per heavy atom. The zero-order valence-corrected chi connectivity index (χ0v) is 13.7. The molecule has 1 aliphatic heterocycles. The average molecular weight is 376 g/mol. The number of carbonyl (C=O) groups excluding carboxylic acids is 1. The summed E-state index contributed by atoms with van der Waals surface area (Å²) in [5.41, 5.74) is 0.640. The molecule has 132 valence electrons. The Morgan fingerprint density at radius 3 is 2.78 bits per heavy atom. The third-order valence-corrected chi connectivity index (χ3v) is 3.08. The Labute approximate surface area is 144 Å².